The van der Waals surface area contributed by atoms with E-state index in [0.717, 1.165) is 41.7 Å². The Morgan fingerprint density at radius 1 is 1.08 bits per heavy atom. The molecule has 0 fully saturated rings. The molecule has 4 aromatic rings. The van der Waals surface area contributed by atoms with E-state index in [1.807, 2.05) is 23.1 Å². The normalized spacial score (nSPS) is 11.1. The summed E-state index contributed by atoms with van der Waals surface area (Å²) in [6, 6.07) is 18.9. The van der Waals surface area contributed by atoms with Crippen molar-refractivity contribution in [3.8, 4) is 0 Å². The number of hydrogen-bond donors (Lipinski definition) is 2. The van der Waals surface area contributed by atoms with Gasteiger partial charge in [0.05, 0.1) is 23.9 Å². The van der Waals surface area contributed by atoms with Crippen LogP contribution < -0.4 is 5.32 Å². The van der Waals surface area contributed by atoms with Crippen LogP contribution in [-0.2, 0) is 13.0 Å². The Hall–Kier alpha value is -3.01. The predicted molar refractivity (Wildman–Crippen MR) is 103 cm³/mol. The number of aryl methyl sites for hydroxylation is 1. The highest BCUT2D eigenvalue weighted by atomic mass is 15.3. The molecule has 2 N–H and O–H groups in total. The maximum atomic E-state index is 4.56. The molecule has 0 aliphatic rings. The van der Waals surface area contributed by atoms with Crippen LogP contribution in [0.3, 0.4) is 0 Å². The molecule has 0 saturated carbocycles. The Balaban J connectivity index is 1.58. The minimum Gasteiger partial charge on any atom is -0.363 e. The average molecular weight is 330 g/mol. The maximum Gasteiger partial charge on any atom is 0.0687 e. The number of nitrogens with zero attached hydrogens (tertiary/aromatic N) is 2. The third-order valence-electron chi connectivity index (χ3n) is 4.43. The van der Waals surface area contributed by atoms with E-state index in [1.165, 1.54) is 11.3 Å². The molecule has 0 unspecified atom stereocenters. The van der Waals surface area contributed by atoms with Gasteiger partial charge in [-0.25, -0.2) is 0 Å². The predicted octanol–water partition coefficient (Wildman–Crippen LogP) is 5.11. The van der Waals surface area contributed by atoms with Crippen molar-refractivity contribution in [2.24, 2.45) is 0 Å². The van der Waals surface area contributed by atoms with Gasteiger partial charge in [-0.2, -0.15) is 5.10 Å². The van der Waals surface area contributed by atoms with Crippen LogP contribution in [0.4, 0.5) is 11.4 Å². The summed E-state index contributed by atoms with van der Waals surface area (Å²) in [6.07, 6.45) is 6.10. The Kier molecular flexibility index (Phi) is 4.25. The van der Waals surface area contributed by atoms with Gasteiger partial charge in [-0.15, -0.1) is 0 Å². The fraction of sp³-hybridized carbons (Fsp3) is 0.190. The molecule has 0 atom stereocenters. The molecule has 126 valence electrons. The van der Waals surface area contributed by atoms with E-state index in [0.29, 0.717) is 0 Å². The molecule has 2 heterocycles. The Labute approximate surface area is 147 Å². The third kappa shape index (κ3) is 3.29. The molecule has 0 bridgehead atoms. The van der Waals surface area contributed by atoms with Gasteiger partial charge in [0, 0.05) is 23.0 Å². The van der Waals surface area contributed by atoms with Gasteiger partial charge >= 0.3 is 0 Å². The van der Waals surface area contributed by atoms with Crippen molar-refractivity contribution in [1.29, 1.82) is 0 Å². The van der Waals surface area contributed by atoms with Crippen molar-refractivity contribution in [1.82, 2.24) is 14.8 Å². The van der Waals surface area contributed by atoms with Crippen molar-refractivity contribution >= 4 is 22.3 Å². The quantitative estimate of drug-likeness (QED) is 0.516. The Bertz CT molecular complexity index is 966. The minimum atomic E-state index is 0.787. The zero-order valence-electron chi connectivity index (χ0n) is 14.4. The molecule has 0 radical (unpaired) electrons. The number of nitrogens with one attached hydrogen (secondary N) is 2. The highest BCUT2D eigenvalue weighted by Gasteiger charge is 2.07. The monoisotopic (exact) mass is 330 g/mol. The maximum absolute atomic E-state index is 4.56. The molecule has 0 spiro atoms. The number of H-pyrrole nitrogens is 1. The molecular weight excluding hydrogens is 308 g/mol. The molecule has 0 saturated heterocycles. The van der Waals surface area contributed by atoms with Crippen LogP contribution in [0.2, 0.25) is 0 Å². The van der Waals surface area contributed by atoms with E-state index in [9.17, 15) is 0 Å². The summed E-state index contributed by atoms with van der Waals surface area (Å²) in [6.45, 7) is 2.98. The fourth-order valence-electron chi connectivity index (χ4n) is 3.18. The van der Waals surface area contributed by atoms with Crippen LogP contribution in [0.25, 0.3) is 10.9 Å². The largest absolute Gasteiger partial charge is 0.363 e. The summed E-state index contributed by atoms with van der Waals surface area (Å²) >= 11 is 0. The minimum absolute atomic E-state index is 0.787. The second-order valence-electron chi connectivity index (χ2n) is 6.31. The molecule has 0 aliphatic carbocycles. The smallest absolute Gasteiger partial charge is 0.0687 e. The van der Waals surface area contributed by atoms with Gasteiger partial charge in [-0.3, -0.25) is 4.68 Å². The molecule has 4 rings (SSSR count). The van der Waals surface area contributed by atoms with Crippen molar-refractivity contribution in [2.45, 2.75) is 26.3 Å². The van der Waals surface area contributed by atoms with Crippen molar-refractivity contribution < 1.29 is 0 Å². The Morgan fingerprint density at radius 2 is 1.96 bits per heavy atom. The van der Waals surface area contributed by atoms with E-state index in [-0.39, 0.29) is 0 Å². The number of benzene rings is 2. The molecular formula is C21H22N4. The van der Waals surface area contributed by atoms with E-state index in [1.54, 1.807) is 0 Å². The highest BCUT2D eigenvalue weighted by Crippen LogP contribution is 2.25. The number of rotatable bonds is 6. The summed E-state index contributed by atoms with van der Waals surface area (Å²) in [7, 11) is 0. The van der Waals surface area contributed by atoms with Gasteiger partial charge in [-0.1, -0.05) is 43.7 Å². The van der Waals surface area contributed by atoms with Gasteiger partial charge in [-0.05, 0) is 36.2 Å². The lowest BCUT2D eigenvalue weighted by molar-refractivity contribution is 0.712. The van der Waals surface area contributed by atoms with E-state index >= 15 is 0 Å². The van der Waals surface area contributed by atoms with Gasteiger partial charge in [0.1, 0.15) is 0 Å². The first-order valence-electron chi connectivity index (χ1n) is 8.76. The van der Waals surface area contributed by atoms with Crippen LogP contribution in [0.5, 0.6) is 0 Å². The molecule has 2 aromatic heterocycles. The number of aromatic nitrogens is 3. The topological polar surface area (TPSA) is 45.6 Å². The molecule has 25 heavy (non-hydrogen) atoms. The van der Waals surface area contributed by atoms with Gasteiger partial charge in [0.15, 0.2) is 0 Å². The number of hydrogen-bond acceptors (Lipinski definition) is 2. The van der Waals surface area contributed by atoms with Crippen LogP contribution in [-0.4, -0.2) is 14.8 Å². The lowest BCUT2D eigenvalue weighted by Gasteiger charge is -2.08. The van der Waals surface area contributed by atoms with E-state index < -0.39 is 0 Å². The molecule has 2 aromatic carbocycles. The second-order valence-corrected chi connectivity index (χ2v) is 6.31. The van der Waals surface area contributed by atoms with Crippen LogP contribution in [0.15, 0.2) is 67.0 Å². The van der Waals surface area contributed by atoms with Crippen molar-refractivity contribution in [3.63, 3.8) is 0 Å². The summed E-state index contributed by atoms with van der Waals surface area (Å²) in [5, 5.41) is 9.23. The number of anilines is 2. The standard InChI is InChI=1S/C21H22N4/c1-2-6-19-20(11-12-22-19)24-18-9-10-21-17(13-18)14-23-25(21)15-16-7-4-3-5-8-16/h3-5,7-14,22,24H,2,6,15H2,1H3. The van der Waals surface area contributed by atoms with Gasteiger partial charge < -0.3 is 10.3 Å². The van der Waals surface area contributed by atoms with Gasteiger partial charge in [0.2, 0.25) is 0 Å². The average Bonchev–Trinajstić information content (AvgIpc) is 3.24. The fourth-order valence-corrected chi connectivity index (χ4v) is 3.18. The third-order valence-corrected chi connectivity index (χ3v) is 4.43. The zero-order chi connectivity index (χ0) is 17.1. The zero-order valence-corrected chi connectivity index (χ0v) is 14.4. The first-order valence-corrected chi connectivity index (χ1v) is 8.76. The number of fused-ring (bicyclic) bond motifs is 1. The van der Waals surface area contributed by atoms with Crippen molar-refractivity contribution in [2.75, 3.05) is 5.32 Å². The van der Waals surface area contributed by atoms with Crippen LogP contribution in [0.1, 0.15) is 24.6 Å². The second kappa shape index (κ2) is 6.85. The number of aromatic amines is 1. The molecule has 4 nitrogen and oxygen atoms in total. The molecule has 0 aliphatic heterocycles. The first kappa shape index (κ1) is 15.5. The SMILES string of the molecule is CCCc1[nH]ccc1Nc1ccc2c(cnn2Cc2ccccc2)c1. The van der Waals surface area contributed by atoms with E-state index in [2.05, 4.69) is 70.9 Å². The summed E-state index contributed by atoms with van der Waals surface area (Å²) in [5.41, 5.74) is 5.90. The van der Waals surface area contributed by atoms with Crippen LogP contribution >= 0.6 is 0 Å². The van der Waals surface area contributed by atoms with Crippen molar-refractivity contribution in [3.05, 3.63) is 78.2 Å². The van der Waals surface area contributed by atoms with Crippen LogP contribution in [0, 0.1) is 0 Å². The summed E-state index contributed by atoms with van der Waals surface area (Å²) in [4.78, 5) is 3.32. The van der Waals surface area contributed by atoms with Gasteiger partial charge in [0.25, 0.3) is 0 Å². The molecule has 4 heteroatoms. The van der Waals surface area contributed by atoms with E-state index in [4.69, 9.17) is 0 Å². The lowest BCUT2D eigenvalue weighted by atomic mass is 10.2. The first-order chi connectivity index (χ1) is 12.3. The highest BCUT2D eigenvalue weighted by molar-refractivity contribution is 5.83. The summed E-state index contributed by atoms with van der Waals surface area (Å²) in [5.74, 6) is 0. The summed E-state index contributed by atoms with van der Waals surface area (Å²) < 4.78 is 2.05. The Morgan fingerprint density at radius 3 is 2.80 bits per heavy atom. The molecule has 0 amide bonds. The lowest BCUT2D eigenvalue weighted by Crippen LogP contribution is -2.01.